The maximum absolute atomic E-state index is 11.4. The lowest BCUT2D eigenvalue weighted by Crippen LogP contribution is -2.44. The van der Waals surface area contributed by atoms with Gasteiger partial charge in [0.25, 0.3) is 0 Å². The highest BCUT2D eigenvalue weighted by molar-refractivity contribution is 6.74. The van der Waals surface area contributed by atoms with Gasteiger partial charge in [0.1, 0.15) is 12.4 Å². The van der Waals surface area contributed by atoms with Gasteiger partial charge in [-0.15, -0.1) is 0 Å². The van der Waals surface area contributed by atoms with Crippen molar-refractivity contribution in [2.24, 2.45) is 0 Å². The van der Waals surface area contributed by atoms with Gasteiger partial charge in [0.2, 0.25) is 0 Å². The molecule has 124 valence electrons. The van der Waals surface area contributed by atoms with Crippen molar-refractivity contribution in [3.8, 4) is 5.75 Å². The van der Waals surface area contributed by atoms with E-state index in [9.17, 15) is 4.79 Å². The maximum atomic E-state index is 11.4. The Kier molecular flexibility index (Phi) is 6.20. The second-order valence-electron chi connectivity index (χ2n) is 7.02. The topological polar surface area (TPSA) is 44.8 Å². The van der Waals surface area contributed by atoms with E-state index in [0.29, 0.717) is 12.2 Å². The molecular weight excluding hydrogens is 296 g/mol. The van der Waals surface area contributed by atoms with Gasteiger partial charge in [-0.2, -0.15) is 0 Å². The number of ether oxygens (including phenoxy) is 2. The first kappa shape index (κ1) is 18.7. The molecule has 4 nitrogen and oxygen atoms in total. The molecule has 1 aromatic rings. The number of methoxy groups -OCH3 is 1. The zero-order valence-corrected chi connectivity index (χ0v) is 15.7. The average Bonchev–Trinajstić information content (AvgIpc) is 2.43. The van der Waals surface area contributed by atoms with Crippen molar-refractivity contribution >= 4 is 14.3 Å². The normalized spacial score (nSPS) is 13.6. The number of hydrogen-bond acceptors (Lipinski definition) is 4. The Morgan fingerprint density at radius 1 is 1.18 bits per heavy atom. The first-order chi connectivity index (χ1) is 10.1. The molecule has 1 atom stereocenters. The van der Waals surface area contributed by atoms with E-state index >= 15 is 0 Å². The van der Waals surface area contributed by atoms with Crippen LogP contribution in [0.1, 0.15) is 38.1 Å². The van der Waals surface area contributed by atoms with Gasteiger partial charge >= 0.3 is 5.97 Å². The number of carbonyl (C=O) groups is 1. The molecule has 0 aromatic heterocycles. The van der Waals surface area contributed by atoms with Crippen molar-refractivity contribution in [3.63, 3.8) is 0 Å². The largest absolute Gasteiger partial charge is 0.491 e. The summed E-state index contributed by atoms with van der Waals surface area (Å²) < 4.78 is 16.6. The van der Waals surface area contributed by atoms with Gasteiger partial charge in [-0.25, -0.2) is 4.79 Å². The Hall–Kier alpha value is -1.33. The molecule has 0 saturated carbocycles. The lowest BCUT2D eigenvalue weighted by Gasteiger charge is -2.38. The van der Waals surface area contributed by atoms with Gasteiger partial charge in [-0.05, 0) is 49.3 Å². The molecule has 0 N–H and O–H groups in total. The summed E-state index contributed by atoms with van der Waals surface area (Å²) in [6, 6.07) is 6.93. The van der Waals surface area contributed by atoms with Crippen LogP contribution in [0, 0.1) is 0 Å². The number of carbonyl (C=O) groups excluding carboxylic acids is 1. The highest BCUT2D eigenvalue weighted by atomic mass is 28.4. The summed E-state index contributed by atoms with van der Waals surface area (Å²) in [5, 5.41) is 0.184. The monoisotopic (exact) mass is 324 g/mol. The fourth-order valence-electron chi connectivity index (χ4n) is 1.73. The van der Waals surface area contributed by atoms with Crippen molar-refractivity contribution in [2.45, 2.75) is 51.9 Å². The predicted octanol–water partition coefficient (Wildman–Crippen LogP) is 4.26. The molecule has 0 bridgehead atoms. The summed E-state index contributed by atoms with van der Waals surface area (Å²) in [5.74, 6) is 0.375. The number of hydrogen-bond donors (Lipinski definition) is 0. The van der Waals surface area contributed by atoms with Crippen LogP contribution in [0.2, 0.25) is 18.1 Å². The number of esters is 1. The van der Waals surface area contributed by atoms with Crippen molar-refractivity contribution in [1.29, 1.82) is 0 Å². The third kappa shape index (κ3) is 5.14. The lowest BCUT2D eigenvalue weighted by molar-refractivity contribution is 0.0600. The van der Waals surface area contributed by atoms with Crippen molar-refractivity contribution in [3.05, 3.63) is 29.8 Å². The van der Waals surface area contributed by atoms with E-state index in [1.165, 1.54) is 7.11 Å². The minimum atomic E-state index is -1.78. The first-order valence-corrected chi connectivity index (χ1v) is 10.5. The van der Waals surface area contributed by atoms with Gasteiger partial charge in [-0.1, -0.05) is 20.8 Å². The van der Waals surface area contributed by atoms with Crippen LogP contribution in [0.4, 0.5) is 0 Å². The minimum absolute atomic E-state index is 0.0289. The molecule has 0 saturated heterocycles. The number of benzene rings is 1. The Balaban J connectivity index is 2.54. The Bertz CT molecular complexity index is 488. The maximum Gasteiger partial charge on any atom is 0.337 e. The molecular formula is C17H28O4Si. The van der Waals surface area contributed by atoms with E-state index in [0.717, 1.165) is 5.75 Å². The molecule has 5 heteroatoms. The van der Waals surface area contributed by atoms with Gasteiger partial charge < -0.3 is 13.9 Å². The van der Waals surface area contributed by atoms with Crippen molar-refractivity contribution in [1.82, 2.24) is 0 Å². The van der Waals surface area contributed by atoms with Gasteiger partial charge in [0.15, 0.2) is 8.32 Å². The number of rotatable bonds is 6. The van der Waals surface area contributed by atoms with E-state index in [1.807, 2.05) is 6.92 Å². The van der Waals surface area contributed by atoms with Gasteiger partial charge in [-0.3, -0.25) is 0 Å². The molecule has 0 aliphatic carbocycles. The van der Waals surface area contributed by atoms with Crippen LogP contribution in [0.5, 0.6) is 5.75 Å². The molecule has 1 rings (SSSR count). The van der Waals surface area contributed by atoms with Crippen LogP contribution in [0.25, 0.3) is 0 Å². The Labute approximate surface area is 134 Å². The molecule has 22 heavy (non-hydrogen) atoms. The van der Waals surface area contributed by atoms with Crippen LogP contribution in [0.3, 0.4) is 0 Å². The SMILES string of the molecule is COC(=O)c1ccc(OCC(C)O[Si](C)(C)C(C)(C)C)cc1. The molecule has 0 aliphatic rings. The molecule has 1 aromatic carbocycles. The van der Waals surface area contributed by atoms with Crippen LogP contribution >= 0.6 is 0 Å². The molecule has 0 spiro atoms. The van der Waals surface area contributed by atoms with Gasteiger partial charge in [0, 0.05) is 0 Å². The second kappa shape index (κ2) is 7.29. The summed E-state index contributed by atoms with van der Waals surface area (Å²) in [6.07, 6.45) is 0.0289. The van der Waals surface area contributed by atoms with E-state index in [4.69, 9.17) is 9.16 Å². The first-order valence-electron chi connectivity index (χ1n) is 7.56. The third-order valence-corrected chi connectivity index (χ3v) is 8.67. The fraction of sp³-hybridized carbons (Fsp3) is 0.588. The minimum Gasteiger partial charge on any atom is -0.491 e. The standard InChI is InChI=1S/C17H28O4Si/c1-13(21-22(6,7)17(2,3)4)12-20-15-10-8-14(9-11-15)16(18)19-5/h8-11,13H,12H2,1-7H3. The Morgan fingerprint density at radius 3 is 2.18 bits per heavy atom. The van der Waals surface area contributed by atoms with Crippen LogP contribution in [-0.4, -0.2) is 34.1 Å². The quantitative estimate of drug-likeness (QED) is 0.579. The highest BCUT2D eigenvalue weighted by Crippen LogP contribution is 2.37. The molecule has 0 amide bonds. The van der Waals surface area contributed by atoms with E-state index in [2.05, 4.69) is 38.6 Å². The summed E-state index contributed by atoms with van der Waals surface area (Å²) in [7, 11) is -0.408. The van der Waals surface area contributed by atoms with E-state index < -0.39 is 8.32 Å². The summed E-state index contributed by atoms with van der Waals surface area (Å²) in [5.41, 5.74) is 0.514. The summed E-state index contributed by atoms with van der Waals surface area (Å²) in [6.45, 7) is 13.6. The van der Waals surface area contributed by atoms with Gasteiger partial charge in [0.05, 0.1) is 18.8 Å². The zero-order chi connectivity index (χ0) is 17.0. The molecule has 0 aliphatic heterocycles. The van der Waals surface area contributed by atoms with Crippen LogP contribution in [-0.2, 0) is 9.16 Å². The third-order valence-electron chi connectivity index (χ3n) is 4.06. The molecule has 0 fully saturated rings. The molecule has 0 heterocycles. The summed E-state index contributed by atoms with van der Waals surface area (Å²) >= 11 is 0. The Morgan fingerprint density at radius 2 is 1.73 bits per heavy atom. The van der Waals surface area contributed by atoms with E-state index in [-0.39, 0.29) is 17.1 Å². The van der Waals surface area contributed by atoms with Crippen molar-refractivity contribution < 1.29 is 18.7 Å². The second-order valence-corrected chi connectivity index (χ2v) is 11.8. The lowest BCUT2D eigenvalue weighted by atomic mass is 10.2. The highest BCUT2D eigenvalue weighted by Gasteiger charge is 2.38. The van der Waals surface area contributed by atoms with Crippen molar-refractivity contribution in [2.75, 3.05) is 13.7 Å². The summed E-state index contributed by atoms with van der Waals surface area (Å²) in [4.78, 5) is 11.4. The van der Waals surface area contributed by atoms with Crippen LogP contribution in [0.15, 0.2) is 24.3 Å². The predicted molar refractivity (Wildman–Crippen MR) is 91.0 cm³/mol. The average molecular weight is 324 g/mol. The smallest absolute Gasteiger partial charge is 0.337 e. The molecule has 0 radical (unpaired) electrons. The van der Waals surface area contributed by atoms with Crippen LogP contribution < -0.4 is 4.74 Å². The van der Waals surface area contributed by atoms with E-state index in [1.54, 1.807) is 24.3 Å². The molecule has 1 unspecified atom stereocenters. The fourth-order valence-corrected chi connectivity index (χ4v) is 3.16. The zero-order valence-electron chi connectivity index (χ0n) is 14.7.